The molecule has 0 radical (unpaired) electrons. The third-order valence-electron chi connectivity index (χ3n) is 2.36. The summed E-state index contributed by atoms with van der Waals surface area (Å²) in [5.74, 6) is 0.777. The van der Waals surface area contributed by atoms with E-state index in [-0.39, 0.29) is 6.04 Å². The maximum atomic E-state index is 6.12. The summed E-state index contributed by atoms with van der Waals surface area (Å²) in [6.07, 6.45) is 2.29. The van der Waals surface area contributed by atoms with Gasteiger partial charge >= 0.3 is 0 Å². The molecule has 2 rings (SSSR count). The van der Waals surface area contributed by atoms with Gasteiger partial charge in [0, 0.05) is 9.50 Å². The van der Waals surface area contributed by atoms with Crippen LogP contribution in [0.1, 0.15) is 17.4 Å². The monoisotopic (exact) mass is 299 g/mol. The minimum atomic E-state index is -0.159. The van der Waals surface area contributed by atoms with E-state index in [2.05, 4.69) is 15.9 Å². The fourth-order valence-electron chi connectivity index (χ4n) is 1.53. The van der Waals surface area contributed by atoms with Crippen LogP contribution < -0.4 is 5.73 Å². The van der Waals surface area contributed by atoms with Crippen molar-refractivity contribution in [3.63, 3.8) is 0 Å². The number of hydrogen-bond donors (Lipinski definition) is 1. The lowest BCUT2D eigenvalue weighted by atomic mass is 10.0. The lowest BCUT2D eigenvalue weighted by Gasteiger charge is -2.10. The Kier molecular flexibility index (Phi) is 3.69. The summed E-state index contributed by atoms with van der Waals surface area (Å²) in [5, 5.41) is 0.719. The van der Waals surface area contributed by atoms with E-state index < -0.39 is 0 Å². The van der Waals surface area contributed by atoms with Gasteiger partial charge in [0.1, 0.15) is 5.76 Å². The van der Waals surface area contributed by atoms with E-state index in [1.54, 1.807) is 6.26 Å². The molecule has 84 valence electrons. The molecule has 0 spiro atoms. The zero-order valence-corrected chi connectivity index (χ0v) is 10.8. The highest BCUT2D eigenvalue weighted by molar-refractivity contribution is 9.10. The van der Waals surface area contributed by atoms with Crippen molar-refractivity contribution in [1.29, 1.82) is 0 Å². The lowest BCUT2D eigenvalue weighted by Crippen LogP contribution is -2.12. The van der Waals surface area contributed by atoms with E-state index in [1.165, 1.54) is 0 Å². The van der Waals surface area contributed by atoms with Crippen LogP contribution >= 0.6 is 27.5 Å². The Bertz CT molecular complexity index is 470. The van der Waals surface area contributed by atoms with Crippen molar-refractivity contribution in [3.8, 4) is 0 Å². The Morgan fingerprint density at radius 3 is 2.81 bits per heavy atom. The molecule has 0 aliphatic rings. The van der Waals surface area contributed by atoms with Gasteiger partial charge in [-0.3, -0.25) is 0 Å². The first kappa shape index (κ1) is 11.7. The second kappa shape index (κ2) is 5.04. The van der Waals surface area contributed by atoms with Crippen LogP contribution in [-0.4, -0.2) is 0 Å². The van der Waals surface area contributed by atoms with E-state index >= 15 is 0 Å². The van der Waals surface area contributed by atoms with Crippen molar-refractivity contribution in [2.45, 2.75) is 12.5 Å². The van der Waals surface area contributed by atoms with E-state index in [1.807, 2.05) is 30.3 Å². The van der Waals surface area contributed by atoms with Gasteiger partial charge in [-0.2, -0.15) is 0 Å². The zero-order valence-electron chi connectivity index (χ0n) is 8.49. The summed E-state index contributed by atoms with van der Waals surface area (Å²) in [6.45, 7) is 0. The van der Waals surface area contributed by atoms with Crippen LogP contribution in [0.25, 0.3) is 0 Å². The largest absolute Gasteiger partial charge is 0.468 e. The van der Waals surface area contributed by atoms with Gasteiger partial charge in [0.25, 0.3) is 0 Å². The molecule has 0 saturated heterocycles. The number of furan rings is 1. The topological polar surface area (TPSA) is 39.2 Å². The van der Waals surface area contributed by atoms with Crippen molar-refractivity contribution < 1.29 is 4.42 Å². The Morgan fingerprint density at radius 2 is 2.19 bits per heavy atom. The quantitative estimate of drug-likeness (QED) is 0.932. The van der Waals surface area contributed by atoms with Gasteiger partial charge < -0.3 is 10.2 Å². The maximum absolute atomic E-state index is 6.12. The van der Waals surface area contributed by atoms with Gasteiger partial charge in [-0.05, 0) is 36.2 Å². The van der Waals surface area contributed by atoms with Crippen LogP contribution in [0.15, 0.2) is 45.5 Å². The normalized spacial score (nSPS) is 12.7. The molecule has 2 N–H and O–H groups in total. The van der Waals surface area contributed by atoms with Gasteiger partial charge in [0.05, 0.1) is 12.3 Å². The van der Waals surface area contributed by atoms with Crippen molar-refractivity contribution in [2.75, 3.05) is 0 Å². The molecule has 0 aliphatic carbocycles. The molecule has 1 aromatic carbocycles. The van der Waals surface area contributed by atoms with Crippen LogP contribution in [0.5, 0.6) is 0 Å². The van der Waals surface area contributed by atoms with Gasteiger partial charge in [-0.15, -0.1) is 0 Å². The smallest absolute Gasteiger partial charge is 0.120 e. The number of nitrogens with two attached hydrogens (primary N) is 1. The molecule has 1 aromatic heterocycles. The summed E-state index contributed by atoms with van der Waals surface area (Å²) in [5.41, 5.74) is 7.04. The summed E-state index contributed by atoms with van der Waals surface area (Å²) in [4.78, 5) is 0. The molecule has 16 heavy (non-hydrogen) atoms. The summed E-state index contributed by atoms with van der Waals surface area (Å²) >= 11 is 9.49. The van der Waals surface area contributed by atoms with Crippen LogP contribution in [0.4, 0.5) is 0 Å². The first-order valence-electron chi connectivity index (χ1n) is 4.89. The van der Waals surface area contributed by atoms with Gasteiger partial charge in [0.2, 0.25) is 0 Å². The summed E-state index contributed by atoms with van der Waals surface area (Å²) in [6, 6.07) is 9.33. The molecule has 0 bridgehead atoms. The predicted molar refractivity (Wildman–Crippen MR) is 68.5 cm³/mol. The van der Waals surface area contributed by atoms with Gasteiger partial charge in [-0.1, -0.05) is 33.6 Å². The van der Waals surface area contributed by atoms with Crippen molar-refractivity contribution >= 4 is 27.5 Å². The Balaban J connectivity index is 2.15. The first-order chi connectivity index (χ1) is 7.66. The molecule has 4 heteroatoms. The summed E-state index contributed by atoms with van der Waals surface area (Å²) < 4.78 is 6.22. The first-order valence-corrected chi connectivity index (χ1v) is 6.07. The third kappa shape index (κ3) is 2.67. The van der Waals surface area contributed by atoms with E-state index in [0.29, 0.717) is 6.42 Å². The highest BCUT2D eigenvalue weighted by atomic mass is 79.9. The Morgan fingerprint density at radius 1 is 1.38 bits per heavy atom. The van der Waals surface area contributed by atoms with Gasteiger partial charge in [-0.25, -0.2) is 0 Å². The SMILES string of the molecule is NC(Cc1ccc(Br)cc1Cl)c1ccco1. The Hall–Kier alpha value is -0.770. The average Bonchev–Trinajstić information content (AvgIpc) is 2.75. The molecule has 1 atom stereocenters. The van der Waals surface area contributed by atoms with Crippen molar-refractivity contribution in [2.24, 2.45) is 5.73 Å². The molecule has 1 heterocycles. The Labute approximate surface area is 108 Å². The molecule has 0 fully saturated rings. The number of rotatable bonds is 3. The molecule has 2 aromatic rings. The minimum absolute atomic E-state index is 0.159. The molecule has 0 saturated carbocycles. The number of hydrogen-bond acceptors (Lipinski definition) is 2. The minimum Gasteiger partial charge on any atom is -0.468 e. The van der Waals surface area contributed by atoms with E-state index in [9.17, 15) is 0 Å². The van der Waals surface area contributed by atoms with Crippen molar-refractivity contribution in [1.82, 2.24) is 0 Å². The second-order valence-corrected chi connectivity index (χ2v) is 4.88. The molecular weight excluding hydrogens is 289 g/mol. The number of halogens is 2. The fourth-order valence-corrected chi connectivity index (χ4v) is 2.28. The highest BCUT2D eigenvalue weighted by Crippen LogP contribution is 2.25. The molecule has 1 unspecified atom stereocenters. The molecule has 0 amide bonds. The molecule has 2 nitrogen and oxygen atoms in total. The summed E-state index contributed by atoms with van der Waals surface area (Å²) in [7, 11) is 0. The highest BCUT2D eigenvalue weighted by Gasteiger charge is 2.11. The lowest BCUT2D eigenvalue weighted by molar-refractivity contribution is 0.464. The fraction of sp³-hybridized carbons (Fsp3) is 0.167. The van der Waals surface area contributed by atoms with Crippen LogP contribution in [0, 0.1) is 0 Å². The average molecular weight is 301 g/mol. The number of benzene rings is 1. The zero-order chi connectivity index (χ0) is 11.5. The maximum Gasteiger partial charge on any atom is 0.120 e. The van der Waals surface area contributed by atoms with Crippen LogP contribution in [0.2, 0.25) is 5.02 Å². The van der Waals surface area contributed by atoms with E-state index in [4.69, 9.17) is 21.8 Å². The predicted octanol–water partition coefficient (Wildman–Crippen LogP) is 3.94. The van der Waals surface area contributed by atoms with Crippen LogP contribution in [0.3, 0.4) is 0 Å². The van der Waals surface area contributed by atoms with Gasteiger partial charge in [0.15, 0.2) is 0 Å². The third-order valence-corrected chi connectivity index (χ3v) is 3.21. The molecular formula is C12H11BrClNO. The van der Waals surface area contributed by atoms with Crippen molar-refractivity contribution in [3.05, 3.63) is 57.4 Å². The second-order valence-electron chi connectivity index (χ2n) is 3.56. The standard InChI is InChI=1S/C12H11BrClNO/c13-9-4-3-8(10(14)7-9)6-11(15)12-2-1-5-16-12/h1-5,7,11H,6,15H2. The van der Waals surface area contributed by atoms with Crippen LogP contribution in [-0.2, 0) is 6.42 Å². The van der Waals surface area contributed by atoms with E-state index in [0.717, 1.165) is 20.8 Å². The molecule has 0 aliphatic heterocycles.